The lowest BCUT2D eigenvalue weighted by molar-refractivity contribution is 0.605. The topological polar surface area (TPSA) is 26.0 Å². The monoisotopic (exact) mass is 283 g/mol. The van der Waals surface area contributed by atoms with E-state index < -0.39 is 0 Å². The van der Waals surface area contributed by atoms with Crippen LogP contribution in [-0.2, 0) is 12.8 Å². The molecule has 0 bridgehead atoms. The molecule has 0 amide bonds. The van der Waals surface area contributed by atoms with Crippen molar-refractivity contribution in [1.29, 1.82) is 0 Å². The third kappa shape index (κ3) is 3.80. The molecule has 2 aromatic rings. The van der Waals surface area contributed by atoms with E-state index in [1.54, 1.807) is 17.4 Å². The van der Waals surface area contributed by atoms with Gasteiger partial charge < -0.3 is 5.73 Å². The van der Waals surface area contributed by atoms with Crippen molar-refractivity contribution >= 4 is 22.9 Å². The molecule has 2 rings (SSSR count). The molecule has 0 aliphatic carbocycles. The average molecular weight is 284 g/mol. The molecule has 1 nitrogen and oxygen atoms in total. The molecule has 1 heterocycles. The molecule has 1 atom stereocenters. The van der Waals surface area contributed by atoms with Crippen molar-refractivity contribution in [3.05, 3.63) is 57.0 Å². The highest BCUT2D eigenvalue weighted by atomic mass is 35.5. The van der Waals surface area contributed by atoms with Crippen LogP contribution in [0, 0.1) is 5.82 Å². The van der Waals surface area contributed by atoms with Crippen LogP contribution in [-0.4, -0.2) is 6.04 Å². The molecule has 0 aliphatic heterocycles. The molecular weight excluding hydrogens is 269 g/mol. The van der Waals surface area contributed by atoms with Crippen LogP contribution in [0.1, 0.15) is 17.5 Å². The highest BCUT2D eigenvalue weighted by Gasteiger charge is 2.08. The van der Waals surface area contributed by atoms with Crippen molar-refractivity contribution in [3.63, 3.8) is 0 Å². The molecule has 1 aromatic carbocycles. The van der Waals surface area contributed by atoms with Crippen LogP contribution in [0.15, 0.2) is 35.0 Å². The third-order valence-corrected chi connectivity index (χ3v) is 3.97. The van der Waals surface area contributed by atoms with Crippen molar-refractivity contribution in [3.8, 4) is 0 Å². The maximum atomic E-state index is 12.9. The first-order valence-electron chi connectivity index (χ1n) is 5.86. The van der Waals surface area contributed by atoms with Gasteiger partial charge >= 0.3 is 0 Å². The molecule has 2 N–H and O–H groups in total. The van der Waals surface area contributed by atoms with E-state index in [9.17, 15) is 4.39 Å². The molecular formula is C14H15ClFNS. The van der Waals surface area contributed by atoms with Gasteiger partial charge in [-0.2, -0.15) is 11.3 Å². The van der Waals surface area contributed by atoms with Crippen LogP contribution in [0.25, 0.3) is 0 Å². The van der Waals surface area contributed by atoms with Crippen molar-refractivity contribution in [2.24, 2.45) is 5.73 Å². The van der Waals surface area contributed by atoms with Crippen LogP contribution in [0.4, 0.5) is 4.39 Å². The fraction of sp³-hybridized carbons (Fsp3) is 0.286. The van der Waals surface area contributed by atoms with Crippen LogP contribution in [0.3, 0.4) is 0 Å². The SMILES string of the molecule is NC(CCc1ccsc1)Cc1ccc(F)cc1Cl. The van der Waals surface area contributed by atoms with Gasteiger partial charge in [-0.1, -0.05) is 17.7 Å². The summed E-state index contributed by atoms with van der Waals surface area (Å²) in [4.78, 5) is 0. The normalized spacial score (nSPS) is 12.6. The molecule has 18 heavy (non-hydrogen) atoms. The molecule has 0 spiro atoms. The first-order chi connectivity index (χ1) is 8.65. The van der Waals surface area contributed by atoms with Gasteiger partial charge in [0.25, 0.3) is 0 Å². The lowest BCUT2D eigenvalue weighted by Crippen LogP contribution is -2.23. The van der Waals surface area contributed by atoms with Crippen LogP contribution >= 0.6 is 22.9 Å². The summed E-state index contributed by atoms with van der Waals surface area (Å²) in [7, 11) is 0. The van der Waals surface area contributed by atoms with E-state index in [-0.39, 0.29) is 11.9 Å². The fourth-order valence-corrected chi connectivity index (χ4v) is 2.81. The Labute approximate surface area is 115 Å². The van der Waals surface area contributed by atoms with Crippen molar-refractivity contribution in [1.82, 2.24) is 0 Å². The molecule has 1 aromatic heterocycles. The van der Waals surface area contributed by atoms with E-state index in [0.717, 1.165) is 18.4 Å². The Morgan fingerprint density at radius 2 is 2.17 bits per heavy atom. The number of benzene rings is 1. The quantitative estimate of drug-likeness (QED) is 0.880. The third-order valence-electron chi connectivity index (χ3n) is 2.88. The molecule has 0 aliphatic rings. The number of nitrogens with two attached hydrogens (primary N) is 1. The Hall–Kier alpha value is -0.900. The van der Waals surface area contributed by atoms with Gasteiger partial charge in [0, 0.05) is 11.1 Å². The van der Waals surface area contributed by atoms with Gasteiger partial charge in [-0.3, -0.25) is 0 Å². The van der Waals surface area contributed by atoms with E-state index in [2.05, 4.69) is 16.8 Å². The predicted octanol–water partition coefficient (Wildman–Crippen LogP) is 4.04. The molecule has 0 fully saturated rings. The number of thiophene rings is 1. The van der Waals surface area contributed by atoms with Gasteiger partial charge in [0.1, 0.15) is 5.82 Å². The highest BCUT2D eigenvalue weighted by molar-refractivity contribution is 7.07. The summed E-state index contributed by atoms with van der Waals surface area (Å²) in [5.41, 5.74) is 8.31. The fourth-order valence-electron chi connectivity index (χ4n) is 1.86. The summed E-state index contributed by atoms with van der Waals surface area (Å²) in [6.07, 6.45) is 2.57. The number of hydrogen-bond acceptors (Lipinski definition) is 2. The second kappa shape index (κ2) is 6.32. The molecule has 0 radical (unpaired) electrons. The molecule has 4 heteroatoms. The van der Waals surface area contributed by atoms with Crippen LogP contribution < -0.4 is 5.73 Å². The zero-order valence-electron chi connectivity index (χ0n) is 9.90. The zero-order chi connectivity index (χ0) is 13.0. The minimum absolute atomic E-state index is 0.0489. The van der Waals surface area contributed by atoms with Gasteiger partial charge in [0.2, 0.25) is 0 Å². The molecule has 0 saturated carbocycles. The van der Waals surface area contributed by atoms with Gasteiger partial charge in [0.05, 0.1) is 0 Å². The first kappa shape index (κ1) is 13.5. The Morgan fingerprint density at radius 3 is 2.83 bits per heavy atom. The Bertz CT molecular complexity index is 499. The maximum absolute atomic E-state index is 12.9. The predicted molar refractivity (Wildman–Crippen MR) is 75.7 cm³/mol. The Kier molecular flexibility index (Phi) is 4.75. The summed E-state index contributed by atoms with van der Waals surface area (Å²) in [6.45, 7) is 0. The smallest absolute Gasteiger partial charge is 0.124 e. The second-order valence-corrected chi connectivity index (χ2v) is 5.56. The molecule has 96 valence electrons. The highest BCUT2D eigenvalue weighted by Crippen LogP contribution is 2.19. The lowest BCUT2D eigenvalue weighted by Gasteiger charge is -2.12. The zero-order valence-corrected chi connectivity index (χ0v) is 11.5. The maximum Gasteiger partial charge on any atom is 0.124 e. The van der Waals surface area contributed by atoms with Gasteiger partial charge in [-0.15, -0.1) is 0 Å². The number of hydrogen-bond donors (Lipinski definition) is 1. The van der Waals surface area contributed by atoms with Crippen LogP contribution in [0.5, 0.6) is 0 Å². The van der Waals surface area contributed by atoms with Gasteiger partial charge in [-0.25, -0.2) is 4.39 Å². The molecule has 1 unspecified atom stereocenters. The molecule has 0 saturated heterocycles. The summed E-state index contributed by atoms with van der Waals surface area (Å²) >= 11 is 7.68. The van der Waals surface area contributed by atoms with Crippen molar-refractivity contribution < 1.29 is 4.39 Å². The van der Waals surface area contributed by atoms with E-state index in [4.69, 9.17) is 17.3 Å². The van der Waals surface area contributed by atoms with E-state index >= 15 is 0 Å². The second-order valence-electron chi connectivity index (χ2n) is 4.37. The Balaban J connectivity index is 1.88. The standard InChI is InChI=1S/C14H15ClFNS/c15-14-8-12(16)3-2-11(14)7-13(17)4-1-10-5-6-18-9-10/h2-3,5-6,8-9,13H,1,4,7,17H2. The van der Waals surface area contributed by atoms with E-state index in [1.165, 1.54) is 17.7 Å². The van der Waals surface area contributed by atoms with Gasteiger partial charge in [0.15, 0.2) is 0 Å². The summed E-state index contributed by atoms with van der Waals surface area (Å²) in [5, 5.41) is 4.66. The first-order valence-corrected chi connectivity index (χ1v) is 7.18. The lowest BCUT2D eigenvalue weighted by atomic mass is 10.0. The van der Waals surface area contributed by atoms with Crippen LogP contribution in [0.2, 0.25) is 5.02 Å². The summed E-state index contributed by atoms with van der Waals surface area (Å²) < 4.78 is 12.9. The largest absolute Gasteiger partial charge is 0.327 e. The van der Waals surface area contributed by atoms with Crippen molar-refractivity contribution in [2.75, 3.05) is 0 Å². The van der Waals surface area contributed by atoms with Gasteiger partial charge in [-0.05, 0) is 59.3 Å². The number of rotatable bonds is 5. The Morgan fingerprint density at radius 1 is 1.33 bits per heavy atom. The average Bonchev–Trinajstić information content (AvgIpc) is 2.83. The number of aryl methyl sites for hydroxylation is 1. The minimum Gasteiger partial charge on any atom is -0.327 e. The minimum atomic E-state index is -0.310. The van der Waals surface area contributed by atoms with E-state index in [1.807, 2.05) is 0 Å². The summed E-state index contributed by atoms with van der Waals surface area (Å²) in [6, 6.07) is 6.63. The van der Waals surface area contributed by atoms with E-state index in [0.29, 0.717) is 11.4 Å². The number of halogens is 2. The summed E-state index contributed by atoms with van der Waals surface area (Å²) in [5.74, 6) is -0.310. The van der Waals surface area contributed by atoms with Crippen molar-refractivity contribution in [2.45, 2.75) is 25.3 Å².